The number of esters is 4. The van der Waals surface area contributed by atoms with Crippen LogP contribution in [0.4, 0.5) is 0 Å². The zero-order chi connectivity index (χ0) is 77.4. The van der Waals surface area contributed by atoms with Crippen LogP contribution >= 0.6 is 15.6 Å². The van der Waals surface area contributed by atoms with Crippen molar-refractivity contribution in [1.82, 2.24) is 0 Å². The topological polar surface area (TPSA) is 237 Å². The number of allylic oxidation sites excluding steroid dienone is 24. The normalized spacial score (nSPS) is 14.6. The minimum absolute atomic E-state index is 0.00338. The van der Waals surface area contributed by atoms with Crippen LogP contribution in [0.2, 0.25) is 0 Å². The van der Waals surface area contributed by atoms with Crippen molar-refractivity contribution in [3.63, 3.8) is 0 Å². The lowest BCUT2D eigenvalue weighted by molar-refractivity contribution is -0.161. The maximum Gasteiger partial charge on any atom is 0.472 e. The SMILES string of the molecule is CC/C=C\C/C=C\C/C=C\C/C=C\C/C=C\C/C=C\CCC(=O)OC[C@H](COP(=O)(O)OC[C@H](O)COP(=O)(O)OC[C@@H](COC(=O)CCCCCCC/C=C\C/C=C\CCCCC)OC(=O)CCCCCCCCC/C=C\CCCCCC)OC(=O)CCC/C=C\C/C=C\C/C=C\CCCCCCCC. The Hall–Kier alpha value is -5.06. The highest BCUT2D eigenvalue weighted by atomic mass is 31.2. The number of carbonyl (C=O) groups excluding carboxylic acids is 4. The second-order valence-corrected chi connectivity index (χ2v) is 29.9. The summed E-state index contributed by atoms with van der Waals surface area (Å²) in [4.78, 5) is 73.0. The van der Waals surface area contributed by atoms with E-state index in [1.54, 1.807) is 0 Å². The summed E-state index contributed by atoms with van der Waals surface area (Å²) in [5.41, 5.74) is 0. The van der Waals surface area contributed by atoms with Gasteiger partial charge in [-0.2, -0.15) is 0 Å². The Morgan fingerprint density at radius 3 is 0.887 bits per heavy atom. The van der Waals surface area contributed by atoms with E-state index in [0.717, 1.165) is 148 Å². The van der Waals surface area contributed by atoms with Gasteiger partial charge in [-0.15, -0.1) is 0 Å². The predicted octanol–water partition coefficient (Wildman–Crippen LogP) is 24.2. The number of carbonyl (C=O) groups is 4. The van der Waals surface area contributed by atoms with Crippen molar-refractivity contribution in [3.8, 4) is 0 Å². The zero-order valence-corrected chi connectivity index (χ0v) is 68.1. The van der Waals surface area contributed by atoms with E-state index in [1.165, 1.54) is 83.5 Å². The van der Waals surface area contributed by atoms with Gasteiger partial charge in [0, 0.05) is 25.7 Å². The van der Waals surface area contributed by atoms with Gasteiger partial charge in [0.15, 0.2) is 12.2 Å². The van der Waals surface area contributed by atoms with E-state index in [4.69, 9.17) is 37.0 Å². The van der Waals surface area contributed by atoms with Crippen LogP contribution in [0.5, 0.6) is 0 Å². The third-order valence-corrected chi connectivity index (χ3v) is 18.7. The van der Waals surface area contributed by atoms with Gasteiger partial charge in [0.05, 0.1) is 26.4 Å². The van der Waals surface area contributed by atoms with Gasteiger partial charge in [-0.05, 0) is 154 Å². The number of ether oxygens (including phenoxy) is 4. The molecule has 606 valence electrons. The van der Waals surface area contributed by atoms with Gasteiger partial charge in [0.1, 0.15) is 19.3 Å². The molecule has 106 heavy (non-hydrogen) atoms. The number of aliphatic hydroxyl groups excluding tert-OH is 1. The molecule has 0 aromatic carbocycles. The Labute approximate surface area is 643 Å². The number of hydrogen-bond donors (Lipinski definition) is 3. The van der Waals surface area contributed by atoms with Crippen molar-refractivity contribution in [3.05, 3.63) is 146 Å². The van der Waals surface area contributed by atoms with Crippen LogP contribution in [0.15, 0.2) is 146 Å². The first-order valence-corrected chi connectivity index (χ1v) is 44.1. The molecule has 0 spiro atoms. The fourth-order valence-corrected chi connectivity index (χ4v) is 12.1. The molecule has 0 heterocycles. The molecule has 0 aliphatic heterocycles. The average molecular weight is 1530 g/mol. The molecule has 0 bridgehead atoms. The summed E-state index contributed by atoms with van der Waals surface area (Å²) >= 11 is 0. The Bertz CT molecular complexity index is 2580. The van der Waals surface area contributed by atoms with Crippen LogP contribution in [0.3, 0.4) is 0 Å². The standard InChI is InChI=1S/C87H146O17P2/c1-5-9-13-17-21-25-29-33-37-39-40-42-45-48-52-56-60-64-68-72-85(90)98-78-83(104-87(92)74-70-66-62-58-54-50-46-41-38-34-30-26-22-18-14-10-6-2)80-102-106(95,96)100-76-81(88)75-99-105(93,94)101-79-82(103-86(91)73-69-65-61-57-53-49-44-36-32-28-24-20-16-12-8-4)77-97-84(89)71-67-63-59-55-51-47-43-35-31-27-23-19-15-11-7-3/h9,13,21,23,25,27-28,32-35,37-38,40,42-43,46,48,50,52,58,60,62,64,81-83,88H,5-8,10-12,14-20,22,24,26,29-31,36,39,41,44-45,47,49,51,53-57,59,61,63,65-80H2,1-4H3,(H,93,94)(H,95,96)/b13-9-,25-21-,27-23-,32-28-,37-33-,38-34-,42-40-,43-35-,50-46-,52-48-,62-58-,64-60-/t81-,82-,83-/m1/s1. The summed E-state index contributed by atoms with van der Waals surface area (Å²) in [7, 11) is -10.0. The third kappa shape index (κ3) is 77.1. The Morgan fingerprint density at radius 1 is 0.274 bits per heavy atom. The fraction of sp³-hybridized carbons (Fsp3) is 0.678. The van der Waals surface area contributed by atoms with E-state index < -0.39 is 97.5 Å². The van der Waals surface area contributed by atoms with Gasteiger partial charge < -0.3 is 33.8 Å². The minimum atomic E-state index is -5.01. The summed E-state index contributed by atoms with van der Waals surface area (Å²) in [6.07, 6.45) is 89.8. The lowest BCUT2D eigenvalue weighted by Gasteiger charge is -2.21. The highest BCUT2D eigenvalue weighted by Gasteiger charge is 2.30. The van der Waals surface area contributed by atoms with Crippen molar-refractivity contribution in [1.29, 1.82) is 0 Å². The van der Waals surface area contributed by atoms with Crippen molar-refractivity contribution < 1.29 is 80.2 Å². The van der Waals surface area contributed by atoms with Crippen molar-refractivity contribution in [2.24, 2.45) is 0 Å². The Morgan fingerprint density at radius 2 is 0.519 bits per heavy atom. The zero-order valence-electron chi connectivity index (χ0n) is 66.3. The first-order valence-electron chi connectivity index (χ1n) is 41.1. The average Bonchev–Trinajstić information content (AvgIpc) is 0.902. The number of phosphoric acid groups is 2. The minimum Gasteiger partial charge on any atom is -0.462 e. The molecule has 2 unspecified atom stereocenters. The molecule has 0 saturated carbocycles. The second kappa shape index (κ2) is 78.1. The van der Waals surface area contributed by atoms with Gasteiger partial charge in [0.25, 0.3) is 0 Å². The molecule has 0 radical (unpaired) electrons. The van der Waals surface area contributed by atoms with E-state index in [-0.39, 0.29) is 25.7 Å². The number of hydrogen-bond acceptors (Lipinski definition) is 15. The van der Waals surface area contributed by atoms with Crippen LogP contribution in [0.25, 0.3) is 0 Å². The van der Waals surface area contributed by atoms with Crippen molar-refractivity contribution >= 4 is 39.5 Å². The van der Waals surface area contributed by atoms with E-state index in [2.05, 4.69) is 143 Å². The highest BCUT2D eigenvalue weighted by molar-refractivity contribution is 7.47. The number of rotatable bonds is 76. The molecule has 17 nitrogen and oxygen atoms in total. The van der Waals surface area contributed by atoms with E-state index in [1.807, 2.05) is 30.4 Å². The van der Waals surface area contributed by atoms with Crippen LogP contribution < -0.4 is 0 Å². The summed E-state index contributed by atoms with van der Waals surface area (Å²) in [6, 6.07) is 0. The Balaban J connectivity index is 5.50. The smallest absolute Gasteiger partial charge is 0.462 e. The van der Waals surface area contributed by atoms with Crippen LogP contribution in [0, 0.1) is 0 Å². The van der Waals surface area contributed by atoms with E-state index in [0.29, 0.717) is 38.5 Å². The molecule has 0 aromatic heterocycles. The van der Waals surface area contributed by atoms with Gasteiger partial charge in [-0.3, -0.25) is 37.3 Å². The summed E-state index contributed by atoms with van der Waals surface area (Å²) in [5.74, 6) is -2.35. The fourth-order valence-electron chi connectivity index (χ4n) is 10.5. The molecule has 0 amide bonds. The Kier molecular flexibility index (Phi) is 74.3. The number of unbranched alkanes of at least 4 members (excludes halogenated alkanes) is 26. The summed E-state index contributed by atoms with van der Waals surface area (Å²) in [5, 5.41) is 10.6. The lowest BCUT2D eigenvalue weighted by Crippen LogP contribution is -2.30. The molecule has 19 heteroatoms. The second-order valence-electron chi connectivity index (χ2n) is 27.0. The third-order valence-electron chi connectivity index (χ3n) is 16.8. The molecular weight excluding hydrogens is 1380 g/mol. The van der Waals surface area contributed by atoms with Crippen LogP contribution in [0.1, 0.15) is 323 Å². The van der Waals surface area contributed by atoms with Crippen LogP contribution in [-0.4, -0.2) is 96.7 Å². The number of phosphoric ester groups is 2. The van der Waals surface area contributed by atoms with Crippen LogP contribution in [-0.2, 0) is 65.4 Å². The maximum atomic E-state index is 13.1. The number of aliphatic hydroxyl groups is 1. The van der Waals surface area contributed by atoms with Gasteiger partial charge in [-0.25, -0.2) is 9.13 Å². The lowest BCUT2D eigenvalue weighted by atomic mass is 10.1. The summed E-state index contributed by atoms with van der Waals surface area (Å²) < 4.78 is 68.5. The molecule has 0 aromatic rings. The predicted molar refractivity (Wildman–Crippen MR) is 436 cm³/mol. The van der Waals surface area contributed by atoms with Gasteiger partial charge in [0.2, 0.25) is 0 Å². The first-order chi connectivity index (χ1) is 51.7. The van der Waals surface area contributed by atoms with E-state index >= 15 is 0 Å². The molecule has 0 aliphatic rings. The van der Waals surface area contributed by atoms with E-state index in [9.17, 15) is 43.2 Å². The molecular formula is C87H146O17P2. The summed E-state index contributed by atoms with van der Waals surface area (Å²) in [6.45, 7) is 4.57. The molecule has 3 N–H and O–H groups in total. The molecule has 0 saturated heterocycles. The first kappa shape index (κ1) is 101. The molecule has 5 atom stereocenters. The van der Waals surface area contributed by atoms with Gasteiger partial charge in [-0.1, -0.05) is 289 Å². The monoisotopic (exact) mass is 1530 g/mol. The largest absolute Gasteiger partial charge is 0.472 e. The highest BCUT2D eigenvalue weighted by Crippen LogP contribution is 2.45. The molecule has 0 fully saturated rings. The molecule has 0 rings (SSSR count). The maximum absolute atomic E-state index is 13.1. The van der Waals surface area contributed by atoms with Crippen molar-refractivity contribution in [2.45, 2.75) is 341 Å². The quantitative estimate of drug-likeness (QED) is 0.0169. The molecule has 0 aliphatic carbocycles. The van der Waals surface area contributed by atoms with Crippen molar-refractivity contribution in [2.75, 3.05) is 39.6 Å². The van der Waals surface area contributed by atoms with Gasteiger partial charge >= 0.3 is 39.5 Å².